The highest BCUT2D eigenvalue weighted by molar-refractivity contribution is 5.69. The second kappa shape index (κ2) is 16.7. The van der Waals surface area contributed by atoms with Crippen LogP contribution in [0.2, 0.25) is 0 Å². The number of anilines is 1. The van der Waals surface area contributed by atoms with E-state index in [1.807, 2.05) is 18.2 Å². The average Bonchev–Trinajstić information content (AvgIpc) is 2.90. The number of halogens is 3. The molecule has 12 heteroatoms. The molecule has 0 fully saturated rings. The fourth-order valence-corrected chi connectivity index (χ4v) is 4.10. The highest BCUT2D eigenvalue weighted by Gasteiger charge is 2.26. The highest BCUT2D eigenvalue weighted by Crippen LogP contribution is 2.22. The molecule has 0 spiro atoms. The first-order chi connectivity index (χ1) is 19.0. The Balaban J connectivity index is 2.02. The summed E-state index contributed by atoms with van der Waals surface area (Å²) in [5, 5.41) is 16.1. The molecule has 224 valence electrons. The third-order valence-corrected chi connectivity index (χ3v) is 6.48. The second-order valence-corrected chi connectivity index (χ2v) is 9.99. The van der Waals surface area contributed by atoms with Gasteiger partial charge >= 0.3 is 17.8 Å². The fourth-order valence-electron chi connectivity index (χ4n) is 4.10. The molecule has 0 aliphatic rings. The molecule has 9 nitrogen and oxygen atoms in total. The predicted octanol–water partition coefficient (Wildman–Crippen LogP) is 5.25. The lowest BCUT2D eigenvalue weighted by Crippen LogP contribution is -2.43. The number of aromatic nitrogens is 3. The van der Waals surface area contributed by atoms with E-state index in [9.17, 15) is 27.6 Å². The van der Waals surface area contributed by atoms with Crippen LogP contribution in [-0.2, 0) is 24.3 Å². The minimum absolute atomic E-state index is 0.0495. The first-order valence-corrected chi connectivity index (χ1v) is 14.0. The number of carbonyl (C=O) groups is 1. The SMILES string of the molecule is CCCCCCCn1c(=O)c(NCCCCc2ccccc2OCC(C)C(=O)O)nn(CCCC(F)(F)F)c1=O. The summed E-state index contributed by atoms with van der Waals surface area (Å²) in [4.78, 5) is 36.9. The van der Waals surface area contributed by atoms with Gasteiger partial charge in [0.15, 0.2) is 0 Å². The smallest absolute Gasteiger partial charge is 0.389 e. The summed E-state index contributed by atoms with van der Waals surface area (Å²) in [6.07, 6.45) is 0.889. The Kier molecular flexibility index (Phi) is 13.7. The van der Waals surface area contributed by atoms with E-state index in [2.05, 4.69) is 17.3 Å². The minimum atomic E-state index is -4.34. The van der Waals surface area contributed by atoms with Crippen molar-refractivity contribution in [2.45, 2.75) is 97.3 Å². The molecular weight excluding hydrogens is 529 g/mol. The van der Waals surface area contributed by atoms with Crippen LogP contribution in [0.3, 0.4) is 0 Å². The summed E-state index contributed by atoms with van der Waals surface area (Å²) in [5.41, 5.74) is -0.331. The highest BCUT2D eigenvalue weighted by atomic mass is 19.4. The molecule has 0 aliphatic carbocycles. The first-order valence-electron chi connectivity index (χ1n) is 14.0. The van der Waals surface area contributed by atoms with Crippen molar-refractivity contribution in [2.75, 3.05) is 18.5 Å². The van der Waals surface area contributed by atoms with Gasteiger partial charge in [-0.1, -0.05) is 50.8 Å². The van der Waals surface area contributed by atoms with E-state index in [0.29, 0.717) is 31.6 Å². The molecular formula is C28H41F3N4O5. The van der Waals surface area contributed by atoms with Crippen LogP contribution >= 0.6 is 0 Å². The Labute approximate surface area is 232 Å². The van der Waals surface area contributed by atoms with Crippen LogP contribution in [0.5, 0.6) is 5.75 Å². The first kappa shape index (κ1) is 32.9. The zero-order valence-corrected chi connectivity index (χ0v) is 23.3. The summed E-state index contributed by atoms with van der Waals surface area (Å²) in [7, 11) is 0. The number of para-hydroxylation sites is 1. The Bertz CT molecular complexity index is 1180. The molecule has 1 heterocycles. The van der Waals surface area contributed by atoms with Crippen LogP contribution in [0, 0.1) is 5.92 Å². The normalized spacial score (nSPS) is 12.3. The second-order valence-electron chi connectivity index (χ2n) is 9.99. The quantitative estimate of drug-likeness (QED) is 0.222. The number of aryl methyl sites for hydroxylation is 2. The standard InChI is InChI=1S/C28H41F3N4O5/c1-3-4-5-6-11-18-34-25(36)24(33-35(27(34)39)19-12-16-28(29,30)31)32-17-10-9-14-22-13-7-8-15-23(22)40-20-21(2)26(37)38/h7-8,13,15,21H,3-6,9-12,14,16-20H2,1-2H3,(H,32,33)(H,37,38). The molecule has 0 bridgehead atoms. The number of rotatable bonds is 19. The van der Waals surface area contributed by atoms with Gasteiger partial charge in [0.2, 0.25) is 5.82 Å². The minimum Gasteiger partial charge on any atom is -0.492 e. The van der Waals surface area contributed by atoms with E-state index < -0.39 is 35.7 Å². The van der Waals surface area contributed by atoms with E-state index >= 15 is 0 Å². The molecule has 2 rings (SSSR count). The van der Waals surface area contributed by atoms with E-state index in [1.54, 1.807) is 13.0 Å². The van der Waals surface area contributed by atoms with Gasteiger partial charge < -0.3 is 15.2 Å². The third-order valence-electron chi connectivity index (χ3n) is 6.48. The molecule has 1 atom stereocenters. The van der Waals surface area contributed by atoms with Gasteiger partial charge in [-0.25, -0.2) is 9.48 Å². The Morgan fingerprint density at radius 1 is 1.05 bits per heavy atom. The maximum Gasteiger partial charge on any atom is 0.389 e. The van der Waals surface area contributed by atoms with Crippen molar-refractivity contribution in [3.05, 3.63) is 50.7 Å². The lowest BCUT2D eigenvalue weighted by atomic mass is 10.1. The summed E-state index contributed by atoms with van der Waals surface area (Å²) in [6.45, 7) is 4.04. The number of nitrogens with zero attached hydrogens (tertiary/aromatic N) is 3. The number of unbranched alkanes of at least 4 members (excludes halogenated alkanes) is 5. The van der Waals surface area contributed by atoms with Gasteiger partial charge in [0.25, 0.3) is 5.56 Å². The van der Waals surface area contributed by atoms with Crippen molar-refractivity contribution in [2.24, 2.45) is 5.92 Å². The largest absolute Gasteiger partial charge is 0.492 e. The molecule has 40 heavy (non-hydrogen) atoms. The zero-order valence-electron chi connectivity index (χ0n) is 23.3. The topological polar surface area (TPSA) is 115 Å². The Morgan fingerprint density at radius 3 is 2.48 bits per heavy atom. The molecule has 0 amide bonds. The van der Waals surface area contributed by atoms with Crippen molar-refractivity contribution in [3.8, 4) is 5.75 Å². The molecule has 1 aromatic carbocycles. The summed E-state index contributed by atoms with van der Waals surface area (Å²) in [6, 6.07) is 7.39. The van der Waals surface area contributed by atoms with Crippen molar-refractivity contribution >= 4 is 11.8 Å². The number of aliphatic carboxylic acids is 1. The molecule has 0 saturated heterocycles. The van der Waals surface area contributed by atoms with Crippen molar-refractivity contribution < 1.29 is 27.8 Å². The molecule has 0 saturated carbocycles. The summed E-state index contributed by atoms with van der Waals surface area (Å²) >= 11 is 0. The van der Waals surface area contributed by atoms with E-state index in [0.717, 1.165) is 46.9 Å². The van der Waals surface area contributed by atoms with Crippen LogP contribution in [0.1, 0.15) is 77.2 Å². The van der Waals surface area contributed by atoms with Gasteiger partial charge in [-0.15, -0.1) is 5.10 Å². The third kappa shape index (κ3) is 11.4. The monoisotopic (exact) mass is 570 g/mol. The number of carboxylic acids is 1. The summed E-state index contributed by atoms with van der Waals surface area (Å²) < 4.78 is 45.6. The molecule has 2 N–H and O–H groups in total. The fraction of sp³-hybridized carbons (Fsp3) is 0.643. The van der Waals surface area contributed by atoms with Gasteiger partial charge in [0, 0.05) is 26.1 Å². The van der Waals surface area contributed by atoms with Crippen LogP contribution < -0.4 is 21.3 Å². The van der Waals surface area contributed by atoms with Crippen LogP contribution in [-0.4, -0.2) is 44.8 Å². The van der Waals surface area contributed by atoms with Crippen LogP contribution in [0.25, 0.3) is 0 Å². The number of nitrogens with one attached hydrogen (secondary N) is 1. The van der Waals surface area contributed by atoms with Gasteiger partial charge in [-0.05, 0) is 50.7 Å². The Morgan fingerprint density at radius 2 is 1.77 bits per heavy atom. The van der Waals surface area contributed by atoms with Crippen molar-refractivity contribution in [3.63, 3.8) is 0 Å². The molecule has 1 aromatic heterocycles. The Hall–Kier alpha value is -3.31. The van der Waals surface area contributed by atoms with Gasteiger partial charge in [0.1, 0.15) is 12.4 Å². The molecule has 0 radical (unpaired) electrons. The molecule has 1 unspecified atom stereocenters. The molecule has 2 aromatic rings. The lowest BCUT2D eigenvalue weighted by molar-refractivity contribution is -0.142. The number of ether oxygens (including phenoxy) is 1. The average molecular weight is 571 g/mol. The van der Waals surface area contributed by atoms with E-state index in [-0.39, 0.29) is 31.9 Å². The van der Waals surface area contributed by atoms with E-state index in [4.69, 9.17) is 9.84 Å². The molecule has 0 aliphatic heterocycles. The predicted molar refractivity (Wildman–Crippen MR) is 147 cm³/mol. The number of carboxylic acid groups (broad SMARTS) is 1. The van der Waals surface area contributed by atoms with Crippen molar-refractivity contribution in [1.29, 1.82) is 0 Å². The number of benzene rings is 1. The van der Waals surface area contributed by atoms with E-state index in [1.165, 1.54) is 0 Å². The maximum atomic E-state index is 13.0. The van der Waals surface area contributed by atoms with Crippen LogP contribution in [0.15, 0.2) is 33.9 Å². The van der Waals surface area contributed by atoms with Gasteiger partial charge in [-0.3, -0.25) is 14.2 Å². The summed E-state index contributed by atoms with van der Waals surface area (Å²) in [5.74, 6) is -0.995. The van der Waals surface area contributed by atoms with Gasteiger partial charge in [0.05, 0.1) is 5.92 Å². The van der Waals surface area contributed by atoms with Crippen LogP contribution in [0.4, 0.5) is 19.0 Å². The zero-order chi connectivity index (χ0) is 29.5. The van der Waals surface area contributed by atoms with Gasteiger partial charge in [-0.2, -0.15) is 13.2 Å². The van der Waals surface area contributed by atoms with Crippen molar-refractivity contribution in [1.82, 2.24) is 14.3 Å². The maximum absolute atomic E-state index is 13.0. The number of alkyl halides is 3. The lowest BCUT2D eigenvalue weighted by Gasteiger charge is -2.14. The number of hydrogen-bond acceptors (Lipinski definition) is 6. The number of hydrogen-bond donors (Lipinski definition) is 2.